The molecule has 8 heteroatoms. The Hall–Kier alpha value is -2.06. The Kier molecular flexibility index (Phi) is 4.62. The standard InChI is InChI=1S/C18H20F2N4OS/c1-2-14-21-18-24(22-14)17(25)16(26-18)15(23-8-4-3-5-9-23)11-6-7-12(19)13(20)10-11/h6-7,10,15,25H,2-5,8-9H2,1H3/t15-/m0/s1. The van der Waals surface area contributed by atoms with Gasteiger partial charge in [-0.05, 0) is 43.6 Å². The highest BCUT2D eigenvalue weighted by molar-refractivity contribution is 7.17. The minimum atomic E-state index is -0.878. The molecule has 1 aliphatic rings. The number of rotatable bonds is 4. The van der Waals surface area contributed by atoms with E-state index in [1.54, 1.807) is 6.07 Å². The zero-order chi connectivity index (χ0) is 18.3. The van der Waals surface area contributed by atoms with Gasteiger partial charge in [-0.1, -0.05) is 30.7 Å². The minimum Gasteiger partial charge on any atom is -0.492 e. The van der Waals surface area contributed by atoms with E-state index < -0.39 is 11.6 Å². The molecule has 0 aliphatic carbocycles. The summed E-state index contributed by atoms with van der Waals surface area (Å²) in [6, 6.07) is 3.61. The van der Waals surface area contributed by atoms with Crippen LogP contribution >= 0.6 is 11.3 Å². The van der Waals surface area contributed by atoms with Gasteiger partial charge in [0.2, 0.25) is 10.8 Å². The monoisotopic (exact) mass is 378 g/mol. The van der Waals surface area contributed by atoms with Gasteiger partial charge in [-0.15, -0.1) is 5.10 Å². The van der Waals surface area contributed by atoms with Crippen LogP contribution in [0.5, 0.6) is 5.88 Å². The number of nitrogens with zero attached hydrogens (tertiary/aromatic N) is 4. The SMILES string of the molecule is CCc1nc2sc([C@H](c3ccc(F)c(F)c3)N3CCCCC3)c(O)n2n1. The highest BCUT2D eigenvalue weighted by Crippen LogP contribution is 2.41. The number of piperidine rings is 1. The van der Waals surface area contributed by atoms with Crippen molar-refractivity contribution in [2.45, 2.75) is 38.6 Å². The number of fused-ring (bicyclic) bond motifs is 1. The fourth-order valence-corrected chi connectivity index (χ4v) is 4.64. The third kappa shape index (κ3) is 2.97. The molecule has 5 nitrogen and oxygen atoms in total. The van der Waals surface area contributed by atoms with E-state index in [0.717, 1.165) is 38.4 Å². The topological polar surface area (TPSA) is 53.7 Å². The fourth-order valence-electron chi connectivity index (χ4n) is 3.51. The number of hydrogen-bond acceptors (Lipinski definition) is 5. The minimum absolute atomic E-state index is 0.0255. The molecule has 138 valence electrons. The molecule has 0 spiro atoms. The fraction of sp³-hybridized carbons (Fsp3) is 0.444. The number of aryl methyl sites for hydroxylation is 1. The maximum absolute atomic E-state index is 13.9. The molecule has 1 atom stereocenters. The lowest BCUT2D eigenvalue weighted by Gasteiger charge is -2.34. The van der Waals surface area contributed by atoms with Crippen molar-refractivity contribution in [2.75, 3.05) is 13.1 Å². The Bertz CT molecular complexity index is 933. The van der Waals surface area contributed by atoms with E-state index in [2.05, 4.69) is 15.0 Å². The van der Waals surface area contributed by atoms with Gasteiger partial charge in [0.25, 0.3) is 0 Å². The quantitative estimate of drug-likeness (QED) is 0.748. The second-order valence-corrected chi connectivity index (χ2v) is 7.55. The summed E-state index contributed by atoms with van der Waals surface area (Å²) in [5, 5.41) is 15.1. The molecular formula is C18H20F2N4OS. The number of benzene rings is 1. The van der Waals surface area contributed by atoms with Crippen molar-refractivity contribution in [1.82, 2.24) is 19.5 Å². The molecule has 1 fully saturated rings. The van der Waals surface area contributed by atoms with Crippen molar-refractivity contribution in [1.29, 1.82) is 0 Å². The average Bonchev–Trinajstić information content (AvgIpc) is 3.19. The van der Waals surface area contributed by atoms with Crippen LogP contribution in [0.4, 0.5) is 8.78 Å². The van der Waals surface area contributed by atoms with E-state index in [9.17, 15) is 13.9 Å². The van der Waals surface area contributed by atoms with Gasteiger partial charge in [-0.25, -0.2) is 13.8 Å². The van der Waals surface area contributed by atoms with Crippen LogP contribution < -0.4 is 0 Å². The smallest absolute Gasteiger partial charge is 0.230 e. The summed E-state index contributed by atoms with van der Waals surface area (Å²) in [4.78, 5) is 7.91. The van der Waals surface area contributed by atoms with Crippen molar-refractivity contribution in [3.05, 3.63) is 46.1 Å². The maximum atomic E-state index is 13.9. The first kappa shape index (κ1) is 17.4. The van der Waals surface area contributed by atoms with Gasteiger partial charge in [-0.3, -0.25) is 4.90 Å². The van der Waals surface area contributed by atoms with Crippen molar-refractivity contribution in [2.24, 2.45) is 0 Å². The van der Waals surface area contributed by atoms with Gasteiger partial charge >= 0.3 is 0 Å². The summed E-state index contributed by atoms with van der Waals surface area (Å²) < 4.78 is 28.8. The lowest BCUT2D eigenvalue weighted by atomic mass is 10.00. The van der Waals surface area contributed by atoms with E-state index >= 15 is 0 Å². The molecule has 1 saturated heterocycles. The van der Waals surface area contributed by atoms with Gasteiger partial charge in [-0.2, -0.15) is 4.52 Å². The first-order valence-electron chi connectivity index (χ1n) is 8.84. The molecule has 4 rings (SSSR count). The van der Waals surface area contributed by atoms with Crippen molar-refractivity contribution in [3.63, 3.8) is 0 Å². The second-order valence-electron chi connectivity index (χ2n) is 6.54. The lowest BCUT2D eigenvalue weighted by Crippen LogP contribution is -2.34. The van der Waals surface area contributed by atoms with E-state index in [-0.39, 0.29) is 11.9 Å². The first-order valence-corrected chi connectivity index (χ1v) is 9.66. The van der Waals surface area contributed by atoms with Crippen LogP contribution in [-0.4, -0.2) is 37.7 Å². The summed E-state index contributed by atoms with van der Waals surface area (Å²) in [6.07, 6.45) is 3.92. The predicted molar refractivity (Wildman–Crippen MR) is 95.5 cm³/mol. The number of thiazole rings is 1. The molecule has 3 aromatic rings. The normalized spacial score (nSPS) is 17.0. The Morgan fingerprint density at radius 1 is 1.19 bits per heavy atom. The van der Waals surface area contributed by atoms with Gasteiger partial charge < -0.3 is 5.11 Å². The first-order chi connectivity index (χ1) is 12.6. The molecule has 2 aromatic heterocycles. The number of likely N-dealkylation sites (tertiary alicyclic amines) is 1. The number of aromatic hydroxyl groups is 1. The van der Waals surface area contributed by atoms with Crippen LogP contribution in [0.15, 0.2) is 18.2 Å². The second kappa shape index (κ2) is 6.92. The lowest BCUT2D eigenvalue weighted by molar-refractivity contribution is 0.186. The summed E-state index contributed by atoms with van der Waals surface area (Å²) >= 11 is 1.35. The predicted octanol–water partition coefficient (Wildman–Crippen LogP) is 3.91. The number of hydrogen-bond donors (Lipinski definition) is 1. The van der Waals surface area contributed by atoms with E-state index in [1.165, 1.54) is 21.9 Å². The molecule has 1 aliphatic heterocycles. The number of aromatic nitrogens is 3. The highest BCUT2D eigenvalue weighted by atomic mass is 32.1. The van der Waals surface area contributed by atoms with Crippen molar-refractivity contribution in [3.8, 4) is 5.88 Å². The molecule has 1 aromatic carbocycles. The Morgan fingerprint density at radius 2 is 1.96 bits per heavy atom. The van der Waals surface area contributed by atoms with Crippen LogP contribution in [0.25, 0.3) is 4.96 Å². The number of halogens is 2. The molecule has 0 bridgehead atoms. The molecule has 0 radical (unpaired) electrons. The van der Waals surface area contributed by atoms with Gasteiger partial charge in [0.05, 0.1) is 10.9 Å². The van der Waals surface area contributed by atoms with Gasteiger partial charge in [0.1, 0.15) is 0 Å². The van der Waals surface area contributed by atoms with Crippen molar-refractivity contribution >= 4 is 16.3 Å². The molecule has 26 heavy (non-hydrogen) atoms. The molecule has 1 N–H and O–H groups in total. The molecule has 3 heterocycles. The summed E-state index contributed by atoms with van der Waals surface area (Å²) in [5.41, 5.74) is 0.626. The maximum Gasteiger partial charge on any atom is 0.230 e. The zero-order valence-corrected chi connectivity index (χ0v) is 15.3. The van der Waals surface area contributed by atoms with E-state index in [1.807, 2.05) is 6.92 Å². The van der Waals surface area contributed by atoms with Crippen LogP contribution in [0.1, 0.15) is 48.5 Å². The van der Waals surface area contributed by atoms with Gasteiger partial charge in [0.15, 0.2) is 17.5 Å². The molecule has 0 amide bonds. The third-order valence-corrected chi connectivity index (χ3v) is 5.90. The van der Waals surface area contributed by atoms with Crippen molar-refractivity contribution < 1.29 is 13.9 Å². The molecule has 0 unspecified atom stereocenters. The molecule has 0 saturated carbocycles. The van der Waals surface area contributed by atoms with E-state index in [0.29, 0.717) is 27.6 Å². The highest BCUT2D eigenvalue weighted by Gasteiger charge is 2.30. The molecular weight excluding hydrogens is 358 g/mol. The third-order valence-electron chi connectivity index (χ3n) is 4.82. The van der Waals surface area contributed by atoms with Crippen LogP contribution in [-0.2, 0) is 6.42 Å². The van der Waals surface area contributed by atoms with Crippen LogP contribution in [0, 0.1) is 11.6 Å². The Morgan fingerprint density at radius 3 is 2.62 bits per heavy atom. The van der Waals surface area contributed by atoms with E-state index in [4.69, 9.17) is 0 Å². The summed E-state index contributed by atoms with van der Waals surface area (Å²) in [6.45, 7) is 3.64. The average molecular weight is 378 g/mol. The van der Waals surface area contributed by atoms with Crippen LogP contribution in [0.3, 0.4) is 0 Å². The Balaban J connectivity index is 1.83. The van der Waals surface area contributed by atoms with Gasteiger partial charge in [0, 0.05) is 6.42 Å². The summed E-state index contributed by atoms with van der Waals surface area (Å²) in [7, 11) is 0. The zero-order valence-electron chi connectivity index (χ0n) is 14.5. The summed E-state index contributed by atoms with van der Waals surface area (Å²) in [5.74, 6) is -1.06. The largest absolute Gasteiger partial charge is 0.492 e. The van der Waals surface area contributed by atoms with Crippen LogP contribution in [0.2, 0.25) is 0 Å². The Labute approximate surface area is 153 Å².